The number of halogens is 2. The molecule has 30 heavy (non-hydrogen) atoms. The summed E-state index contributed by atoms with van der Waals surface area (Å²) in [5, 5.41) is 2.48. The van der Waals surface area contributed by atoms with Crippen LogP contribution >= 0.6 is 11.3 Å². The Morgan fingerprint density at radius 3 is 2.03 bits per heavy atom. The van der Waals surface area contributed by atoms with Crippen molar-refractivity contribution in [2.24, 2.45) is 0 Å². The largest absolute Gasteiger partial charge is 0.298 e. The van der Waals surface area contributed by atoms with Crippen LogP contribution in [0.1, 0.15) is 25.6 Å². The van der Waals surface area contributed by atoms with E-state index in [0.29, 0.717) is 21.7 Å². The Kier molecular flexibility index (Phi) is 5.45. The van der Waals surface area contributed by atoms with Gasteiger partial charge in [0, 0.05) is 11.1 Å². The van der Waals surface area contributed by atoms with E-state index in [1.165, 1.54) is 6.07 Å². The molecule has 0 atom stereocenters. The zero-order valence-electron chi connectivity index (χ0n) is 15.4. The Labute approximate surface area is 174 Å². The number of benzene rings is 3. The first kappa shape index (κ1) is 19.6. The number of nitrogens with one attached hydrogen (secondary N) is 1. The van der Waals surface area contributed by atoms with Crippen LogP contribution in [0.4, 0.5) is 13.9 Å². The Morgan fingerprint density at radius 2 is 1.40 bits per heavy atom. The molecule has 1 amide bonds. The predicted molar refractivity (Wildman–Crippen MR) is 112 cm³/mol. The lowest BCUT2D eigenvalue weighted by Gasteiger charge is -2.04. The summed E-state index contributed by atoms with van der Waals surface area (Å²) in [5.41, 5.74) is 0.839. The number of carbonyl (C=O) groups excluding carboxylic acids is 2. The second-order valence-electron chi connectivity index (χ2n) is 6.31. The Morgan fingerprint density at radius 1 is 0.800 bits per heavy atom. The van der Waals surface area contributed by atoms with Crippen molar-refractivity contribution in [2.75, 3.05) is 5.32 Å². The molecule has 4 aromatic rings. The number of amides is 1. The molecule has 4 rings (SSSR count). The van der Waals surface area contributed by atoms with Crippen molar-refractivity contribution in [1.29, 1.82) is 0 Å². The van der Waals surface area contributed by atoms with Crippen LogP contribution < -0.4 is 5.32 Å². The van der Waals surface area contributed by atoms with Crippen LogP contribution in [0.5, 0.6) is 0 Å². The molecule has 7 heteroatoms. The van der Waals surface area contributed by atoms with Gasteiger partial charge >= 0.3 is 0 Å². The lowest BCUT2D eigenvalue weighted by atomic mass is 10.1. The maximum atomic E-state index is 13.9. The van der Waals surface area contributed by atoms with Crippen LogP contribution in [0, 0.1) is 11.6 Å². The summed E-state index contributed by atoms with van der Waals surface area (Å²) >= 11 is 0.954. The number of hydrogen-bond acceptors (Lipinski definition) is 4. The third-order valence-electron chi connectivity index (χ3n) is 4.33. The monoisotopic (exact) mass is 420 g/mol. The number of rotatable bonds is 5. The molecule has 0 unspecified atom stereocenters. The van der Waals surface area contributed by atoms with Crippen LogP contribution in [0.3, 0.4) is 0 Å². The standard InChI is InChI=1S/C23H14F2N2O2S/c24-16-12-7-13-17(25)18(16)22(29)27-23-26-19(14-8-3-1-4-9-14)21(30-23)20(28)15-10-5-2-6-11-15/h1-13H,(H,26,27,29). The Bertz CT molecular complexity index is 1200. The molecule has 0 saturated heterocycles. The van der Waals surface area contributed by atoms with E-state index >= 15 is 0 Å². The third kappa shape index (κ3) is 3.88. The number of hydrogen-bond donors (Lipinski definition) is 1. The first-order valence-electron chi connectivity index (χ1n) is 8.96. The molecule has 0 aliphatic carbocycles. The first-order chi connectivity index (χ1) is 14.5. The lowest BCUT2D eigenvalue weighted by molar-refractivity contribution is 0.101. The van der Waals surface area contributed by atoms with Gasteiger partial charge in [0.25, 0.3) is 5.91 Å². The van der Waals surface area contributed by atoms with E-state index in [9.17, 15) is 18.4 Å². The summed E-state index contributed by atoms with van der Waals surface area (Å²) in [4.78, 5) is 30.2. The van der Waals surface area contributed by atoms with Gasteiger partial charge in [-0.25, -0.2) is 13.8 Å². The topological polar surface area (TPSA) is 59.1 Å². The van der Waals surface area contributed by atoms with Crippen molar-refractivity contribution < 1.29 is 18.4 Å². The fourth-order valence-corrected chi connectivity index (χ4v) is 3.86. The van der Waals surface area contributed by atoms with Crippen molar-refractivity contribution in [1.82, 2.24) is 4.98 Å². The fraction of sp³-hybridized carbons (Fsp3) is 0. The van der Waals surface area contributed by atoms with E-state index in [4.69, 9.17) is 0 Å². The van der Waals surface area contributed by atoms with Crippen LogP contribution in [0.2, 0.25) is 0 Å². The molecule has 1 N–H and O–H groups in total. The molecule has 148 valence electrons. The second kappa shape index (κ2) is 8.34. The minimum absolute atomic E-state index is 0.0702. The average Bonchev–Trinajstić information content (AvgIpc) is 3.18. The quantitative estimate of drug-likeness (QED) is 0.429. The SMILES string of the molecule is O=C(c1ccccc1)c1sc(NC(=O)c2c(F)cccc2F)nc1-c1ccccc1. The number of thiazole rings is 1. The van der Waals surface area contributed by atoms with E-state index in [1.807, 2.05) is 6.07 Å². The molecule has 3 aromatic carbocycles. The third-order valence-corrected chi connectivity index (χ3v) is 5.30. The zero-order valence-corrected chi connectivity index (χ0v) is 16.2. The first-order valence-corrected chi connectivity index (χ1v) is 9.77. The van der Waals surface area contributed by atoms with Gasteiger partial charge in [-0.05, 0) is 12.1 Å². The van der Waals surface area contributed by atoms with Crippen molar-refractivity contribution >= 4 is 28.2 Å². The highest BCUT2D eigenvalue weighted by atomic mass is 32.1. The summed E-state index contributed by atoms with van der Waals surface area (Å²) in [6.07, 6.45) is 0. The Balaban J connectivity index is 1.74. The van der Waals surface area contributed by atoms with Gasteiger partial charge in [-0.15, -0.1) is 0 Å². The normalized spacial score (nSPS) is 10.6. The van der Waals surface area contributed by atoms with Gasteiger partial charge in [-0.1, -0.05) is 78.1 Å². The molecule has 0 saturated carbocycles. The number of ketones is 1. The predicted octanol–water partition coefficient (Wildman–Crippen LogP) is 5.57. The van der Waals surface area contributed by atoms with Crippen LogP contribution in [-0.2, 0) is 0 Å². The summed E-state index contributed by atoms with van der Waals surface area (Å²) in [6, 6.07) is 20.9. The van der Waals surface area contributed by atoms with Crippen molar-refractivity contribution in [3.05, 3.63) is 107 Å². The van der Waals surface area contributed by atoms with Crippen LogP contribution in [0.25, 0.3) is 11.3 Å². The number of nitrogens with zero attached hydrogens (tertiary/aromatic N) is 1. The van der Waals surface area contributed by atoms with E-state index in [-0.39, 0.29) is 10.9 Å². The molecule has 1 heterocycles. The maximum absolute atomic E-state index is 13.9. The molecule has 1 aromatic heterocycles. The maximum Gasteiger partial charge on any atom is 0.263 e. The molecule has 0 fully saturated rings. The van der Waals surface area contributed by atoms with Crippen molar-refractivity contribution in [3.8, 4) is 11.3 Å². The molecule has 0 radical (unpaired) electrons. The molecule has 0 bridgehead atoms. The highest BCUT2D eigenvalue weighted by molar-refractivity contribution is 7.18. The highest BCUT2D eigenvalue weighted by Crippen LogP contribution is 2.33. The van der Waals surface area contributed by atoms with E-state index in [0.717, 1.165) is 23.5 Å². The van der Waals surface area contributed by atoms with Crippen LogP contribution in [0.15, 0.2) is 78.9 Å². The Hall–Kier alpha value is -3.71. The molecule has 0 aliphatic rings. The van der Waals surface area contributed by atoms with Crippen LogP contribution in [-0.4, -0.2) is 16.7 Å². The van der Waals surface area contributed by atoms with Gasteiger partial charge < -0.3 is 0 Å². The number of carbonyl (C=O) groups is 2. The second-order valence-corrected chi connectivity index (χ2v) is 7.31. The van der Waals surface area contributed by atoms with Gasteiger partial charge in [0.1, 0.15) is 22.1 Å². The van der Waals surface area contributed by atoms with E-state index < -0.39 is 23.1 Å². The smallest absolute Gasteiger partial charge is 0.263 e. The van der Waals surface area contributed by atoms with Gasteiger partial charge in [-0.2, -0.15) is 0 Å². The van der Waals surface area contributed by atoms with Gasteiger partial charge in [0.2, 0.25) is 5.78 Å². The summed E-state index contributed by atoms with van der Waals surface area (Å²) in [7, 11) is 0. The fourth-order valence-electron chi connectivity index (χ4n) is 2.91. The molecular weight excluding hydrogens is 406 g/mol. The highest BCUT2D eigenvalue weighted by Gasteiger charge is 2.23. The van der Waals surface area contributed by atoms with E-state index in [2.05, 4.69) is 10.3 Å². The van der Waals surface area contributed by atoms with Crippen molar-refractivity contribution in [2.45, 2.75) is 0 Å². The minimum atomic E-state index is -0.979. The summed E-state index contributed by atoms with van der Waals surface area (Å²) < 4.78 is 27.9. The molecular formula is C23H14F2N2O2S. The lowest BCUT2D eigenvalue weighted by Crippen LogP contribution is -2.15. The average molecular weight is 420 g/mol. The number of aromatic nitrogens is 1. The van der Waals surface area contributed by atoms with E-state index in [1.54, 1.807) is 54.6 Å². The number of anilines is 1. The van der Waals surface area contributed by atoms with Crippen molar-refractivity contribution in [3.63, 3.8) is 0 Å². The molecule has 0 aliphatic heterocycles. The summed E-state index contributed by atoms with van der Waals surface area (Å²) in [6.45, 7) is 0. The summed E-state index contributed by atoms with van der Waals surface area (Å²) in [5.74, 6) is -3.19. The van der Waals surface area contributed by atoms with Gasteiger partial charge in [0.05, 0.1) is 5.69 Å². The molecule has 0 spiro atoms. The van der Waals surface area contributed by atoms with Gasteiger partial charge in [0.15, 0.2) is 5.13 Å². The van der Waals surface area contributed by atoms with Gasteiger partial charge in [-0.3, -0.25) is 14.9 Å². The minimum Gasteiger partial charge on any atom is -0.298 e. The zero-order chi connectivity index (χ0) is 21.1. The molecule has 4 nitrogen and oxygen atoms in total.